The average Bonchev–Trinajstić information content (AvgIpc) is 2.96. The van der Waals surface area contributed by atoms with Crippen LogP contribution in [0.25, 0.3) is 0 Å². The molecule has 0 aromatic heterocycles. The molecule has 6 nitrogen and oxygen atoms in total. The standard InChI is InChI=1S/C20H24N2O4/c23-17-7-3-14(4-8-17)11-12-21-20(26)16-5-1-15(2-6-16)13-22-18(24)9-10-19(22)25/h3-4,7-10,15-16,23H,1-2,5-6,11-13H2,(H,21,26). The number of hydrogen-bond donors (Lipinski definition) is 2. The smallest absolute Gasteiger partial charge is 0.253 e. The molecule has 6 heteroatoms. The van der Waals surface area contributed by atoms with E-state index in [0.717, 1.165) is 37.7 Å². The molecule has 0 saturated heterocycles. The molecule has 3 rings (SSSR count). The molecule has 1 fully saturated rings. The Morgan fingerprint density at radius 1 is 1.04 bits per heavy atom. The van der Waals surface area contributed by atoms with Gasteiger partial charge in [0, 0.05) is 31.2 Å². The monoisotopic (exact) mass is 356 g/mol. The van der Waals surface area contributed by atoms with E-state index in [1.807, 2.05) is 12.1 Å². The number of benzene rings is 1. The fourth-order valence-electron chi connectivity index (χ4n) is 3.61. The third-order valence-electron chi connectivity index (χ3n) is 5.21. The molecular weight excluding hydrogens is 332 g/mol. The molecule has 1 aliphatic heterocycles. The average molecular weight is 356 g/mol. The summed E-state index contributed by atoms with van der Waals surface area (Å²) in [6.45, 7) is 1.03. The highest BCUT2D eigenvalue weighted by molar-refractivity contribution is 6.12. The molecule has 0 bridgehead atoms. The Hall–Kier alpha value is -2.63. The van der Waals surface area contributed by atoms with Gasteiger partial charge in [-0.15, -0.1) is 0 Å². The summed E-state index contributed by atoms with van der Waals surface area (Å²) in [6.07, 6.45) is 6.65. The van der Waals surface area contributed by atoms with E-state index in [2.05, 4.69) is 5.32 Å². The molecule has 0 radical (unpaired) electrons. The lowest BCUT2D eigenvalue weighted by Crippen LogP contribution is -2.38. The van der Waals surface area contributed by atoms with Crippen LogP contribution in [0.15, 0.2) is 36.4 Å². The number of aromatic hydroxyl groups is 1. The number of phenols is 1. The van der Waals surface area contributed by atoms with Gasteiger partial charge in [-0.25, -0.2) is 0 Å². The lowest BCUT2D eigenvalue weighted by atomic mass is 9.81. The largest absolute Gasteiger partial charge is 0.508 e. The van der Waals surface area contributed by atoms with E-state index < -0.39 is 0 Å². The summed E-state index contributed by atoms with van der Waals surface area (Å²) in [5, 5.41) is 12.3. The molecular formula is C20H24N2O4. The first-order chi connectivity index (χ1) is 12.5. The van der Waals surface area contributed by atoms with Crippen LogP contribution in [0.1, 0.15) is 31.2 Å². The molecule has 138 valence electrons. The second-order valence-corrected chi connectivity index (χ2v) is 7.05. The maximum atomic E-state index is 12.3. The number of imide groups is 1. The van der Waals surface area contributed by atoms with Crippen molar-refractivity contribution in [2.45, 2.75) is 32.1 Å². The van der Waals surface area contributed by atoms with Crippen LogP contribution in [-0.2, 0) is 20.8 Å². The fourth-order valence-corrected chi connectivity index (χ4v) is 3.61. The van der Waals surface area contributed by atoms with Gasteiger partial charge in [0.05, 0.1) is 0 Å². The van der Waals surface area contributed by atoms with Gasteiger partial charge in [0.2, 0.25) is 5.91 Å². The van der Waals surface area contributed by atoms with Gasteiger partial charge in [-0.2, -0.15) is 0 Å². The van der Waals surface area contributed by atoms with E-state index in [1.54, 1.807) is 12.1 Å². The SMILES string of the molecule is O=C(NCCc1ccc(O)cc1)C1CCC(CN2C(=O)C=CC2=O)CC1. The highest BCUT2D eigenvalue weighted by atomic mass is 16.3. The minimum absolute atomic E-state index is 0.00849. The predicted molar refractivity (Wildman–Crippen MR) is 96.1 cm³/mol. The molecule has 1 aromatic carbocycles. The molecule has 1 aliphatic carbocycles. The first kappa shape index (κ1) is 18.2. The maximum absolute atomic E-state index is 12.3. The van der Waals surface area contributed by atoms with Crippen molar-refractivity contribution in [3.63, 3.8) is 0 Å². The van der Waals surface area contributed by atoms with Crippen molar-refractivity contribution in [3.05, 3.63) is 42.0 Å². The molecule has 0 atom stereocenters. The zero-order valence-electron chi connectivity index (χ0n) is 14.7. The highest BCUT2D eigenvalue weighted by Gasteiger charge is 2.31. The van der Waals surface area contributed by atoms with Crippen molar-refractivity contribution in [2.75, 3.05) is 13.1 Å². The number of nitrogens with zero attached hydrogens (tertiary/aromatic N) is 1. The number of amides is 3. The van der Waals surface area contributed by atoms with E-state index in [0.29, 0.717) is 13.1 Å². The molecule has 0 unspecified atom stereocenters. The Balaban J connectivity index is 1.37. The molecule has 1 aromatic rings. The fraction of sp³-hybridized carbons (Fsp3) is 0.450. The highest BCUT2D eigenvalue weighted by Crippen LogP contribution is 2.30. The van der Waals surface area contributed by atoms with E-state index in [4.69, 9.17) is 0 Å². The van der Waals surface area contributed by atoms with Crippen LogP contribution in [0.4, 0.5) is 0 Å². The first-order valence-electron chi connectivity index (χ1n) is 9.12. The van der Waals surface area contributed by atoms with E-state index in [9.17, 15) is 19.5 Å². The zero-order valence-corrected chi connectivity index (χ0v) is 14.7. The van der Waals surface area contributed by atoms with E-state index >= 15 is 0 Å². The van der Waals surface area contributed by atoms with Gasteiger partial charge >= 0.3 is 0 Å². The topological polar surface area (TPSA) is 86.7 Å². The quantitative estimate of drug-likeness (QED) is 0.761. The lowest BCUT2D eigenvalue weighted by molar-refractivity contribution is -0.138. The van der Waals surface area contributed by atoms with Gasteiger partial charge < -0.3 is 10.4 Å². The number of nitrogens with one attached hydrogen (secondary N) is 1. The maximum Gasteiger partial charge on any atom is 0.253 e. The summed E-state index contributed by atoms with van der Waals surface area (Å²) in [4.78, 5) is 36.9. The van der Waals surface area contributed by atoms with Gasteiger partial charge in [0.15, 0.2) is 0 Å². The summed E-state index contributed by atoms with van der Waals surface area (Å²) in [5.41, 5.74) is 1.07. The minimum atomic E-state index is -0.232. The van der Waals surface area contributed by atoms with Gasteiger partial charge in [0.1, 0.15) is 5.75 Å². The molecule has 2 N–H and O–H groups in total. The second kappa shape index (κ2) is 8.17. The van der Waals surface area contributed by atoms with Crippen molar-refractivity contribution in [2.24, 2.45) is 11.8 Å². The molecule has 2 aliphatic rings. The molecule has 26 heavy (non-hydrogen) atoms. The summed E-state index contributed by atoms with van der Waals surface area (Å²) in [7, 11) is 0. The summed E-state index contributed by atoms with van der Waals surface area (Å²) in [6, 6.07) is 6.98. The van der Waals surface area contributed by atoms with Crippen LogP contribution < -0.4 is 5.32 Å². The predicted octanol–water partition coefficient (Wildman–Crippen LogP) is 1.78. The van der Waals surface area contributed by atoms with Crippen LogP contribution >= 0.6 is 0 Å². The number of carbonyl (C=O) groups is 3. The Morgan fingerprint density at radius 3 is 2.27 bits per heavy atom. The van der Waals surface area contributed by atoms with Crippen LogP contribution in [0, 0.1) is 11.8 Å². The number of hydrogen-bond acceptors (Lipinski definition) is 4. The van der Waals surface area contributed by atoms with Gasteiger partial charge in [0.25, 0.3) is 11.8 Å². The van der Waals surface area contributed by atoms with E-state index in [1.165, 1.54) is 17.1 Å². The van der Waals surface area contributed by atoms with Crippen molar-refractivity contribution in [1.29, 1.82) is 0 Å². The third-order valence-corrected chi connectivity index (χ3v) is 5.21. The van der Waals surface area contributed by atoms with Crippen molar-refractivity contribution < 1.29 is 19.5 Å². The summed E-state index contributed by atoms with van der Waals surface area (Å²) in [5.74, 6) is 0.145. The molecule has 1 heterocycles. The number of phenolic OH excluding ortho intramolecular Hbond substituents is 1. The van der Waals surface area contributed by atoms with Crippen molar-refractivity contribution in [3.8, 4) is 5.75 Å². The second-order valence-electron chi connectivity index (χ2n) is 7.05. The molecule has 1 saturated carbocycles. The third kappa shape index (κ3) is 4.50. The molecule has 3 amide bonds. The van der Waals surface area contributed by atoms with Crippen LogP contribution in [0.3, 0.4) is 0 Å². The van der Waals surface area contributed by atoms with E-state index in [-0.39, 0.29) is 35.3 Å². The normalized spacial score (nSPS) is 22.7. The van der Waals surface area contributed by atoms with Crippen molar-refractivity contribution in [1.82, 2.24) is 10.2 Å². The Bertz CT molecular complexity index is 685. The summed E-state index contributed by atoms with van der Waals surface area (Å²) >= 11 is 0. The lowest BCUT2D eigenvalue weighted by Gasteiger charge is -2.30. The number of rotatable bonds is 6. The molecule has 0 spiro atoms. The van der Waals surface area contributed by atoms with Gasteiger partial charge in [-0.05, 0) is 55.7 Å². The van der Waals surface area contributed by atoms with Crippen LogP contribution in [-0.4, -0.2) is 40.8 Å². The van der Waals surface area contributed by atoms with Crippen LogP contribution in [0.2, 0.25) is 0 Å². The Morgan fingerprint density at radius 2 is 1.65 bits per heavy atom. The van der Waals surface area contributed by atoms with Gasteiger partial charge in [-0.3, -0.25) is 19.3 Å². The summed E-state index contributed by atoms with van der Waals surface area (Å²) < 4.78 is 0. The number of carbonyl (C=O) groups excluding carboxylic acids is 3. The first-order valence-corrected chi connectivity index (χ1v) is 9.12. The van der Waals surface area contributed by atoms with Crippen LogP contribution in [0.5, 0.6) is 5.75 Å². The Labute approximate surface area is 152 Å². The zero-order chi connectivity index (χ0) is 18.5. The minimum Gasteiger partial charge on any atom is -0.508 e. The Kier molecular flexibility index (Phi) is 5.71. The van der Waals surface area contributed by atoms with Gasteiger partial charge in [-0.1, -0.05) is 12.1 Å². The van der Waals surface area contributed by atoms with Crippen molar-refractivity contribution >= 4 is 17.7 Å².